The Balaban J connectivity index is 2.37. The fraction of sp³-hybridized carbons (Fsp3) is 0.909. The summed E-state index contributed by atoms with van der Waals surface area (Å²) < 4.78 is 5.81. The first-order chi connectivity index (χ1) is 8.08. The maximum absolute atomic E-state index is 12.2. The van der Waals surface area contributed by atoms with E-state index >= 15 is 0 Å². The van der Waals surface area contributed by atoms with E-state index in [0.717, 1.165) is 32.1 Å². The number of nitrogens with zero attached hydrogens (tertiary/aromatic N) is 1. The van der Waals surface area contributed by atoms with Crippen LogP contribution in [0.4, 0.5) is 0 Å². The van der Waals surface area contributed by atoms with E-state index in [1.165, 1.54) is 0 Å². The molecule has 17 heavy (non-hydrogen) atoms. The maximum Gasteiger partial charge on any atom is 0.198 e. The van der Waals surface area contributed by atoms with Gasteiger partial charge in [0.25, 0.3) is 0 Å². The van der Waals surface area contributed by atoms with Crippen molar-refractivity contribution in [3.8, 4) is 0 Å². The molecule has 0 bridgehead atoms. The van der Waals surface area contributed by atoms with Crippen molar-refractivity contribution in [1.82, 2.24) is 0 Å². The number of carbonyl (C=O) groups is 1. The summed E-state index contributed by atoms with van der Waals surface area (Å²) in [7, 11) is 0. The van der Waals surface area contributed by atoms with E-state index in [1.54, 1.807) is 0 Å². The van der Waals surface area contributed by atoms with Gasteiger partial charge in [0.2, 0.25) is 0 Å². The quantitative estimate of drug-likeness (QED) is 0.636. The van der Waals surface area contributed by atoms with Gasteiger partial charge in [-0.05, 0) is 12.8 Å². The standard InChI is InChI=1S/C11H16Cl2N2O2/c12-9(13)8(16)11(15-14)6-7-17-10(11)4-2-1-3-5-10/h9,14H,1-7H2. The van der Waals surface area contributed by atoms with Gasteiger partial charge in [0, 0.05) is 6.42 Å². The largest absolute Gasteiger partial charge is 0.372 e. The van der Waals surface area contributed by atoms with E-state index in [1.807, 2.05) is 0 Å². The molecule has 0 aromatic rings. The smallest absolute Gasteiger partial charge is 0.198 e. The molecule has 2 aliphatic rings. The molecule has 4 nitrogen and oxygen atoms in total. The van der Waals surface area contributed by atoms with Crippen molar-refractivity contribution in [2.45, 2.75) is 54.5 Å². The summed E-state index contributed by atoms with van der Waals surface area (Å²) in [4.78, 5) is 11.1. The number of nitrogens with one attached hydrogen (secondary N) is 1. The van der Waals surface area contributed by atoms with Crippen LogP contribution in [0.2, 0.25) is 0 Å². The maximum atomic E-state index is 12.2. The minimum absolute atomic E-state index is 0.379. The monoisotopic (exact) mass is 278 g/mol. The highest BCUT2D eigenvalue weighted by Gasteiger charge is 2.62. The third-order valence-corrected chi connectivity index (χ3v) is 4.45. The van der Waals surface area contributed by atoms with Crippen molar-refractivity contribution in [2.75, 3.05) is 6.61 Å². The zero-order valence-electron chi connectivity index (χ0n) is 9.55. The zero-order chi connectivity index (χ0) is 12.5. The van der Waals surface area contributed by atoms with Gasteiger partial charge in [-0.25, -0.2) is 5.53 Å². The summed E-state index contributed by atoms with van der Waals surface area (Å²) >= 11 is 11.4. The van der Waals surface area contributed by atoms with Gasteiger partial charge >= 0.3 is 0 Å². The van der Waals surface area contributed by atoms with Crippen LogP contribution >= 0.6 is 23.2 Å². The van der Waals surface area contributed by atoms with E-state index in [0.29, 0.717) is 13.0 Å². The molecule has 0 aromatic carbocycles. The Kier molecular flexibility index (Phi) is 3.76. The molecule has 0 aromatic heterocycles. The van der Waals surface area contributed by atoms with Gasteiger partial charge in [0.1, 0.15) is 5.60 Å². The molecular formula is C11H16Cl2N2O2. The lowest BCUT2D eigenvalue weighted by Crippen LogP contribution is -2.57. The van der Waals surface area contributed by atoms with Gasteiger partial charge in [-0.1, -0.05) is 42.5 Å². The van der Waals surface area contributed by atoms with Crippen molar-refractivity contribution in [1.29, 1.82) is 5.53 Å². The number of hydrogen-bond acceptors (Lipinski definition) is 4. The van der Waals surface area contributed by atoms with Crippen LogP contribution < -0.4 is 0 Å². The summed E-state index contributed by atoms with van der Waals surface area (Å²) in [6.07, 6.45) is 5.09. The van der Waals surface area contributed by atoms with Gasteiger partial charge in [-0.15, -0.1) is 0 Å². The highest BCUT2D eigenvalue weighted by Crippen LogP contribution is 2.49. The lowest BCUT2D eigenvalue weighted by Gasteiger charge is -2.42. The van der Waals surface area contributed by atoms with Crippen LogP contribution in [0, 0.1) is 5.53 Å². The zero-order valence-corrected chi connectivity index (χ0v) is 11.1. The van der Waals surface area contributed by atoms with Crippen LogP contribution in [0.25, 0.3) is 0 Å². The van der Waals surface area contributed by atoms with Crippen molar-refractivity contribution < 1.29 is 9.53 Å². The predicted octanol–water partition coefficient (Wildman–Crippen LogP) is 3.25. The third kappa shape index (κ3) is 1.90. The molecule has 6 heteroatoms. The minimum Gasteiger partial charge on any atom is -0.372 e. The molecule has 1 unspecified atom stereocenters. The van der Waals surface area contributed by atoms with Gasteiger partial charge < -0.3 is 4.74 Å². The van der Waals surface area contributed by atoms with E-state index in [4.69, 9.17) is 33.5 Å². The molecule has 1 aliphatic heterocycles. The average molecular weight is 279 g/mol. The normalized spacial score (nSPS) is 31.9. The molecule has 1 heterocycles. The van der Waals surface area contributed by atoms with E-state index < -0.39 is 16.0 Å². The second kappa shape index (κ2) is 4.82. The molecule has 1 saturated carbocycles. The number of alkyl halides is 2. The topological polar surface area (TPSA) is 62.5 Å². The number of carbonyl (C=O) groups excluding carboxylic acids is 1. The van der Waals surface area contributed by atoms with E-state index in [-0.39, 0.29) is 5.78 Å². The Bertz CT molecular complexity index is 329. The Morgan fingerprint density at radius 2 is 1.88 bits per heavy atom. The van der Waals surface area contributed by atoms with Gasteiger partial charge in [0.15, 0.2) is 16.2 Å². The minimum atomic E-state index is -1.15. The third-order valence-electron chi connectivity index (χ3n) is 4.05. The van der Waals surface area contributed by atoms with Gasteiger partial charge in [0.05, 0.1) is 6.61 Å². The van der Waals surface area contributed by atoms with Crippen LogP contribution in [0.3, 0.4) is 0 Å². The lowest BCUT2D eigenvalue weighted by molar-refractivity contribution is -0.133. The molecule has 1 saturated heterocycles. The number of ether oxygens (including phenoxy) is 1. The Morgan fingerprint density at radius 3 is 2.41 bits per heavy atom. The highest BCUT2D eigenvalue weighted by atomic mass is 35.5. The van der Waals surface area contributed by atoms with Gasteiger partial charge in [-0.2, -0.15) is 5.11 Å². The Labute approximate surface area is 110 Å². The van der Waals surface area contributed by atoms with Crippen LogP contribution in [0.15, 0.2) is 5.11 Å². The number of rotatable bonds is 3. The summed E-state index contributed by atoms with van der Waals surface area (Å²) in [5.41, 5.74) is 5.66. The SMILES string of the molecule is N=NC1(C(=O)C(Cl)Cl)CCOC12CCCCC2. The second-order valence-electron chi connectivity index (χ2n) is 4.79. The molecule has 96 valence electrons. The van der Waals surface area contributed by atoms with Crippen LogP contribution in [0.5, 0.6) is 0 Å². The Morgan fingerprint density at radius 1 is 1.24 bits per heavy atom. The molecule has 1 spiro atoms. The first-order valence-electron chi connectivity index (χ1n) is 5.93. The van der Waals surface area contributed by atoms with Crippen molar-refractivity contribution in [3.05, 3.63) is 0 Å². The predicted molar refractivity (Wildman–Crippen MR) is 64.8 cm³/mol. The molecule has 1 N–H and O–H groups in total. The summed E-state index contributed by atoms with van der Waals surface area (Å²) in [5.74, 6) is -0.379. The number of hydrogen-bond donors (Lipinski definition) is 1. The summed E-state index contributed by atoms with van der Waals surface area (Å²) in [6.45, 7) is 0.453. The van der Waals surface area contributed by atoms with Crippen LogP contribution in [-0.4, -0.2) is 28.4 Å². The number of Topliss-reactive ketones (excluding diaryl/α,β-unsaturated/α-hetero) is 1. The molecule has 0 radical (unpaired) electrons. The lowest BCUT2D eigenvalue weighted by atomic mass is 9.69. The van der Waals surface area contributed by atoms with Crippen molar-refractivity contribution >= 4 is 29.0 Å². The van der Waals surface area contributed by atoms with E-state index in [2.05, 4.69) is 5.11 Å². The van der Waals surface area contributed by atoms with Crippen molar-refractivity contribution in [2.24, 2.45) is 5.11 Å². The first kappa shape index (κ1) is 13.2. The molecule has 1 atom stereocenters. The Hall–Kier alpha value is -0.190. The summed E-state index contributed by atoms with van der Waals surface area (Å²) in [6, 6.07) is 0. The fourth-order valence-electron chi connectivity index (χ4n) is 3.16. The first-order valence-corrected chi connectivity index (χ1v) is 6.80. The number of halogens is 2. The molecule has 1 aliphatic carbocycles. The molecule has 2 rings (SSSR count). The molecular weight excluding hydrogens is 263 g/mol. The number of ketones is 1. The van der Waals surface area contributed by atoms with Crippen LogP contribution in [-0.2, 0) is 9.53 Å². The van der Waals surface area contributed by atoms with Gasteiger partial charge in [-0.3, -0.25) is 4.79 Å². The van der Waals surface area contributed by atoms with Crippen molar-refractivity contribution in [3.63, 3.8) is 0 Å². The van der Waals surface area contributed by atoms with E-state index in [9.17, 15) is 4.79 Å². The summed E-state index contributed by atoms with van der Waals surface area (Å²) in [5, 5.41) is 3.62. The fourth-order valence-corrected chi connectivity index (χ4v) is 3.52. The molecule has 2 fully saturated rings. The van der Waals surface area contributed by atoms with Crippen LogP contribution in [0.1, 0.15) is 38.5 Å². The molecule has 0 amide bonds. The highest BCUT2D eigenvalue weighted by molar-refractivity contribution is 6.54. The average Bonchev–Trinajstić information content (AvgIpc) is 2.68. The second-order valence-corrected chi connectivity index (χ2v) is 5.89.